The van der Waals surface area contributed by atoms with Gasteiger partial charge in [0.1, 0.15) is 12.1 Å². The van der Waals surface area contributed by atoms with Gasteiger partial charge >= 0.3 is 0 Å². The Balaban J connectivity index is 1.29. The molecular formula is C24H21ClFN5O. The van der Waals surface area contributed by atoms with Gasteiger partial charge in [-0.2, -0.15) is 0 Å². The molecule has 162 valence electrons. The Morgan fingerprint density at radius 2 is 2.16 bits per heavy atom. The van der Waals surface area contributed by atoms with Gasteiger partial charge in [0.15, 0.2) is 5.82 Å². The van der Waals surface area contributed by atoms with Crippen molar-refractivity contribution in [1.82, 2.24) is 14.9 Å². The molecule has 2 aromatic carbocycles. The summed E-state index contributed by atoms with van der Waals surface area (Å²) in [6.45, 7) is 3.79. The number of aromatic nitrogens is 2. The summed E-state index contributed by atoms with van der Waals surface area (Å²) in [5, 5.41) is 3.73. The Labute approximate surface area is 189 Å². The molecule has 0 amide bonds. The molecule has 3 aliphatic rings. The SMILES string of the molecule is Nc1cc2c(Nc3cccc(Cl)c3F)ncnc2cc1C#CC12CC1CN(C1COC1)C2. The summed E-state index contributed by atoms with van der Waals surface area (Å²) in [7, 11) is 0. The number of nitrogens with two attached hydrogens (primary N) is 1. The van der Waals surface area contributed by atoms with Crippen LogP contribution in [0.2, 0.25) is 5.02 Å². The molecule has 2 unspecified atom stereocenters. The van der Waals surface area contributed by atoms with Crippen LogP contribution in [0, 0.1) is 29.0 Å². The van der Waals surface area contributed by atoms with Crippen LogP contribution in [0.25, 0.3) is 10.9 Å². The van der Waals surface area contributed by atoms with Crippen LogP contribution in [0.4, 0.5) is 21.6 Å². The van der Waals surface area contributed by atoms with Gasteiger partial charge in [-0.3, -0.25) is 4.90 Å². The number of piperidine rings is 1. The predicted octanol–water partition coefficient (Wildman–Crippen LogP) is 3.82. The lowest BCUT2D eigenvalue weighted by Gasteiger charge is -2.35. The van der Waals surface area contributed by atoms with E-state index in [4.69, 9.17) is 22.1 Å². The molecule has 3 heterocycles. The number of hydrogen-bond donors (Lipinski definition) is 2. The summed E-state index contributed by atoms with van der Waals surface area (Å²) in [6.07, 6.45) is 2.59. The number of hydrogen-bond acceptors (Lipinski definition) is 6. The average molecular weight is 450 g/mol. The summed E-state index contributed by atoms with van der Waals surface area (Å²) in [4.78, 5) is 11.1. The molecule has 1 aromatic heterocycles. The van der Waals surface area contributed by atoms with E-state index in [0.717, 1.165) is 38.3 Å². The third-order valence-corrected chi connectivity index (χ3v) is 7.06. The fourth-order valence-electron chi connectivity index (χ4n) is 4.68. The lowest BCUT2D eigenvalue weighted by Crippen LogP contribution is -2.49. The molecule has 6 nitrogen and oxygen atoms in total. The molecule has 6 rings (SSSR count). The molecule has 0 radical (unpaired) electrons. The predicted molar refractivity (Wildman–Crippen MR) is 122 cm³/mol. The highest BCUT2D eigenvalue weighted by Gasteiger charge is 2.60. The van der Waals surface area contributed by atoms with Crippen molar-refractivity contribution in [1.29, 1.82) is 0 Å². The molecule has 2 saturated heterocycles. The molecule has 2 aliphatic heterocycles. The third-order valence-electron chi connectivity index (χ3n) is 6.77. The van der Waals surface area contributed by atoms with Gasteiger partial charge in [-0.25, -0.2) is 14.4 Å². The van der Waals surface area contributed by atoms with Crippen LogP contribution in [-0.4, -0.2) is 47.2 Å². The molecular weight excluding hydrogens is 429 g/mol. The number of nitrogens with zero attached hydrogens (tertiary/aromatic N) is 3. The second-order valence-electron chi connectivity index (χ2n) is 8.83. The normalized spacial score (nSPS) is 24.5. The Morgan fingerprint density at radius 1 is 1.28 bits per heavy atom. The van der Waals surface area contributed by atoms with Crippen molar-refractivity contribution < 1.29 is 9.13 Å². The van der Waals surface area contributed by atoms with E-state index >= 15 is 0 Å². The maximum atomic E-state index is 14.3. The zero-order valence-corrected chi connectivity index (χ0v) is 18.0. The highest BCUT2D eigenvalue weighted by Crippen LogP contribution is 2.58. The highest BCUT2D eigenvalue weighted by atomic mass is 35.5. The van der Waals surface area contributed by atoms with E-state index in [1.807, 2.05) is 6.07 Å². The number of ether oxygens (including phenoxy) is 1. The van der Waals surface area contributed by atoms with Crippen molar-refractivity contribution in [2.24, 2.45) is 11.3 Å². The lowest BCUT2D eigenvalue weighted by molar-refractivity contribution is -0.0614. The van der Waals surface area contributed by atoms with Gasteiger partial charge < -0.3 is 15.8 Å². The van der Waals surface area contributed by atoms with E-state index in [0.29, 0.717) is 34.4 Å². The Kier molecular flexibility index (Phi) is 4.51. The van der Waals surface area contributed by atoms with E-state index in [1.165, 1.54) is 12.4 Å². The fourth-order valence-corrected chi connectivity index (χ4v) is 4.85. The van der Waals surface area contributed by atoms with Crippen LogP contribution in [0.5, 0.6) is 0 Å². The van der Waals surface area contributed by atoms with Crippen molar-refractivity contribution in [3.05, 3.63) is 53.1 Å². The van der Waals surface area contributed by atoms with Crippen LogP contribution in [-0.2, 0) is 4.74 Å². The summed E-state index contributed by atoms with van der Waals surface area (Å²) < 4.78 is 19.7. The smallest absolute Gasteiger partial charge is 0.165 e. The molecule has 0 spiro atoms. The highest BCUT2D eigenvalue weighted by molar-refractivity contribution is 6.31. The van der Waals surface area contributed by atoms with E-state index in [2.05, 4.69) is 32.0 Å². The van der Waals surface area contributed by atoms with Crippen molar-refractivity contribution in [2.75, 3.05) is 37.4 Å². The van der Waals surface area contributed by atoms with Gasteiger partial charge in [-0.05, 0) is 36.6 Å². The zero-order valence-electron chi connectivity index (χ0n) is 17.2. The number of fused-ring (bicyclic) bond motifs is 2. The standard InChI is InChI=1S/C24H21ClFN5O/c25-18-2-1-3-20(22(18)26)30-23-17-7-19(27)14(6-21(17)28-13-29-23)4-5-24-8-15(24)9-31(12-24)16-10-32-11-16/h1-3,6-7,13,15-16H,8-12,27H2,(H,28,29,30). The number of benzene rings is 2. The van der Waals surface area contributed by atoms with E-state index < -0.39 is 5.82 Å². The van der Waals surface area contributed by atoms with Gasteiger partial charge in [0.2, 0.25) is 0 Å². The van der Waals surface area contributed by atoms with Crippen molar-refractivity contribution in [2.45, 2.75) is 12.5 Å². The topological polar surface area (TPSA) is 76.3 Å². The minimum atomic E-state index is -0.534. The summed E-state index contributed by atoms with van der Waals surface area (Å²) >= 11 is 5.89. The Hall–Kier alpha value is -2.92. The molecule has 2 atom stereocenters. The first-order valence-corrected chi connectivity index (χ1v) is 11.0. The maximum Gasteiger partial charge on any atom is 0.165 e. The summed E-state index contributed by atoms with van der Waals surface area (Å²) in [5.41, 5.74) is 8.65. The lowest BCUT2D eigenvalue weighted by atomic mass is 10.0. The monoisotopic (exact) mass is 449 g/mol. The average Bonchev–Trinajstić information content (AvgIpc) is 3.29. The van der Waals surface area contributed by atoms with Crippen molar-refractivity contribution in [3.8, 4) is 11.8 Å². The second-order valence-corrected chi connectivity index (χ2v) is 9.24. The fraction of sp³-hybridized carbons (Fsp3) is 0.333. The third kappa shape index (κ3) is 3.27. The Bertz CT molecular complexity index is 1300. The van der Waals surface area contributed by atoms with Crippen LogP contribution < -0.4 is 11.1 Å². The zero-order chi connectivity index (χ0) is 21.9. The number of anilines is 3. The van der Waals surface area contributed by atoms with Crippen molar-refractivity contribution in [3.63, 3.8) is 0 Å². The maximum absolute atomic E-state index is 14.3. The van der Waals surface area contributed by atoms with E-state index in [1.54, 1.807) is 18.2 Å². The molecule has 3 aromatic rings. The van der Waals surface area contributed by atoms with Gasteiger partial charge in [0.05, 0.1) is 35.5 Å². The number of nitrogens with one attached hydrogen (secondary N) is 1. The van der Waals surface area contributed by atoms with Gasteiger partial charge in [-0.1, -0.05) is 29.5 Å². The molecule has 1 aliphatic carbocycles. The van der Waals surface area contributed by atoms with Gasteiger partial charge in [-0.15, -0.1) is 0 Å². The van der Waals surface area contributed by atoms with Gasteiger partial charge in [0.25, 0.3) is 0 Å². The number of nitrogen functional groups attached to an aromatic ring is 1. The van der Waals surface area contributed by atoms with Crippen LogP contribution in [0.15, 0.2) is 36.7 Å². The van der Waals surface area contributed by atoms with Crippen LogP contribution in [0.1, 0.15) is 12.0 Å². The molecule has 8 heteroatoms. The first-order chi connectivity index (χ1) is 15.5. The second kappa shape index (κ2) is 7.31. The number of halogens is 2. The first-order valence-electron chi connectivity index (χ1n) is 10.6. The van der Waals surface area contributed by atoms with Crippen LogP contribution in [0.3, 0.4) is 0 Å². The molecule has 3 fully saturated rings. The first kappa shape index (κ1) is 19.7. The van der Waals surface area contributed by atoms with E-state index in [-0.39, 0.29) is 16.1 Å². The quantitative estimate of drug-likeness (QED) is 0.467. The van der Waals surface area contributed by atoms with E-state index in [9.17, 15) is 4.39 Å². The molecule has 0 bridgehead atoms. The van der Waals surface area contributed by atoms with Crippen molar-refractivity contribution >= 4 is 39.7 Å². The summed E-state index contributed by atoms with van der Waals surface area (Å²) in [5.74, 6) is 7.40. The molecule has 32 heavy (non-hydrogen) atoms. The summed E-state index contributed by atoms with van der Waals surface area (Å²) in [6, 6.07) is 8.99. The minimum Gasteiger partial charge on any atom is -0.398 e. The molecule has 1 saturated carbocycles. The largest absolute Gasteiger partial charge is 0.398 e. The Morgan fingerprint density at radius 3 is 2.97 bits per heavy atom. The number of likely N-dealkylation sites (tertiary alicyclic amines) is 1. The minimum absolute atomic E-state index is 0.0403. The van der Waals surface area contributed by atoms with Crippen LogP contribution >= 0.6 is 11.6 Å². The van der Waals surface area contributed by atoms with Gasteiger partial charge in [0, 0.05) is 35.1 Å². The number of rotatable bonds is 3. The molecule has 3 N–H and O–H groups in total.